The molecule has 0 radical (unpaired) electrons. The first kappa shape index (κ1) is 22.6. The second-order valence-corrected chi connectivity index (χ2v) is 8.10. The number of hydrogen-bond donors (Lipinski definition) is 0. The van der Waals surface area contributed by atoms with Gasteiger partial charge in [-0.3, -0.25) is 4.79 Å². The zero-order valence-electron chi connectivity index (χ0n) is 18.6. The van der Waals surface area contributed by atoms with Crippen LogP contribution in [0.1, 0.15) is 39.7 Å². The summed E-state index contributed by atoms with van der Waals surface area (Å²) in [6.07, 6.45) is -2.46. The van der Waals surface area contributed by atoms with E-state index in [1.807, 2.05) is 67.8 Å². The highest BCUT2D eigenvalue weighted by atomic mass is 19.4. The predicted molar refractivity (Wildman–Crippen MR) is 122 cm³/mol. The van der Waals surface area contributed by atoms with Gasteiger partial charge in [0.1, 0.15) is 5.65 Å². The zero-order valence-corrected chi connectivity index (χ0v) is 18.6. The minimum absolute atomic E-state index is 0.215. The Morgan fingerprint density at radius 1 is 0.939 bits per heavy atom. The summed E-state index contributed by atoms with van der Waals surface area (Å²) in [7, 11) is 0. The summed E-state index contributed by atoms with van der Waals surface area (Å²) < 4.78 is 40.7. The molecule has 2 aromatic heterocycles. The van der Waals surface area contributed by atoms with Crippen LogP contribution in [0.25, 0.3) is 16.9 Å². The fourth-order valence-corrected chi connectivity index (χ4v) is 3.79. The van der Waals surface area contributed by atoms with Gasteiger partial charge in [0, 0.05) is 23.9 Å². The number of nitrogens with zero attached hydrogens (tertiary/aromatic N) is 3. The van der Waals surface area contributed by atoms with Gasteiger partial charge in [0.25, 0.3) is 5.91 Å². The van der Waals surface area contributed by atoms with Crippen LogP contribution < -0.4 is 0 Å². The van der Waals surface area contributed by atoms with Gasteiger partial charge in [0.15, 0.2) is 0 Å². The molecule has 2 aromatic carbocycles. The smallest absolute Gasteiger partial charge is 0.333 e. The van der Waals surface area contributed by atoms with E-state index in [0.29, 0.717) is 6.54 Å². The van der Waals surface area contributed by atoms with Crippen LogP contribution in [0.2, 0.25) is 0 Å². The molecule has 0 bridgehead atoms. The van der Waals surface area contributed by atoms with Crippen molar-refractivity contribution in [2.45, 2.75) is 33.5 Å². The van der Waals surface area contributed by atoms with Crippen LogP contribution in [-0.2, 0) is 12.7 Å². The fraction of sp³-hybridized carbons (Fsp3) is 0.231. The van der Waals surface area contributed by atoms with E-state index in [1.54, 1.807) is 4.90 Å². The first-order valence-electron chi connectivity index (χ1n) is 10.7. The second-order valence-electron chi connectivity index (χ2n) is 8.10. The van der Waals surface area contributed by atoms with E-state index in [9.17, 15) is 18.0 Å². The second kappa shape index (κ2) is 8.73. The Morgan fingerprint density at radius 2 is 1.58 bits per heavy atom. The van der Waals surface area contributed by atoms with Crippen molar-refractivity contribution < 1.29 is 18.0 Å². The van der Waals surface area contributed by atoms with Gasteiger partial charge >= 0.3 is 6.18 Å². The molecule has 4 nitrogen and oxygen atoms in total. The van der Waals surface area contributed by atoms with Gasteiger partial charge in [-0.1, -0.05) is 35.9 Å². The van der Waals surface area contributed by atoms with Crippen molar-refractivity contribution >= 4 is 11.6 Å². The third kappa shape index (κ3) is 4.62. The van der Waals surface area contributed by atoms with E-state index in [1.165, 1.54) is 12.1 Å². The van der Waals surface area contributed by atoms with Gasteiger partial charge in [-0.15, -0.1) is 0 Å². The first-order chi connectivity index (χ1) is 15.7. The van der Waals surface area contributed by atoms with Crippen molar-refractivity contribution in [3.63, 3.8) is 0 Å². The molecule has 33 heavy (non-hydrogen) atoms. The van der Waals surface area contributed by atoms with Crippen LogP contribution in [0, 0.1) is 13.8 Å². The Bertz CT molecular complexity index is 1290. The Balaban J connectivity index is 1.73. The molecule has 0 fully saturated rings. The van der Waals surface area contributed by atoms with Crippen LogP contribution in [-0.4, -0.2) is 26.7 Å². The highest BCUT2D eigenvalue weighted by Gasteiger charge is 2.30. The van der Waals surface area contributed by atoms with Gasteiger partial charge in [0.2, 0.25) is 0 Å². The maximum atomic E-state index is 13.2. The average molecular weight is 451 g/mol. The SMILES string of the molecule is CCN(Cc1c(-c2ccc(C)cc2)nc2ccc(C)cn12)C(=O)c1ccc(C(F)(F)F)cc1. The number of amides is 1. The highest BCUT2D eigenvalue weighted by molar-refractivity contribution is 5.94. The van der Waals surface area contributed by atoms with Crippen molar-refractivity contribution in [3.05, 3.63) is 94.8 Å². The normalized spacial score (nSPS) is 11.7. The molecule has 0 aliphatic carbocycles. The molecule has 2 heterocycles. The molecule has 0 unspecified atom stereocenters. The summed E-state index contributed by atoms with van der Waals surface area (Å²) in [5, 5.41) is 0. The van der Waals surface area contributed by atoms with Gasteiger partial charge in [-0.05, 0) is 56.7 Å². The third-order valence-corrected chi connectivity index (χ3v) is 5.66. The number of aromatic nitrogens is 2. The van der Waals surface area contributed by atoms with Crippen molar-refractivity contribution in [1.82, 2.24) is 14.3 Å². The minimum atomic E-state index is -4.44. The summed E-state index contributed by atoms with van der Waals surface area (Å²) in [6.45, 7) is 6.51. The van der Waals surface area contributed by atoms with Crippen molar-refractivity contribution in [1.29, 1.82) is 0 Å². The molecule has 7 heteroatoms. The van der Waals surface area contributed by atoms with Gasteiger partial charge in [0.05, 0.1) is 23.5 Å². The van der Waals surface area contributed by atoms with Crippen molar-refractivity contribution in [2.75, 3.05) is 6.54 Å². The molecule has 0 aliphatic heterocycles. The monoisotopic (exact) mass is 451 g/mol. The molecule has 0 N–H and O–H groups in total. The molecule has 0 aliphatic rings. The lowest BCUT2D eigenvalue weighted by atomic mass is 10.1. The number of aryl methyl sites for hydroxylation is 2. The maximum absolute atomic E-state index is 13.2. The van der Waals surface area contributed by atoms with E-state index in [2.05, 4.69) is 0 Å². The summed E-state index contributed by atoms with van der Waals surface area (Å²) in [5.74, 6) is -0.330. The molecule has 0 saturated carbocycles. The third-order valence-electron chi connectivity index (χ3n) is 5.66. The Morgan fingerprint density at radius 3 is 2.18 bits per heavy atom. The highest BCUT2D eigenvalue weighted by Crippen LogP contribution is 2.30. The van der Waals surface area contributed by atoms with Crippen LogP contribution in [0.4, 0.5) is 13.2 Å². The fourth-order valence-electron chi connectivity index (χ4n) is 3.79. The van der Waals surface area contributed by atoms with Gasteiger partial charge < -0.3 is 9.30 Å². The van der Waals surface area contributed by atoms with E-state index in [-0.39, 0.29) is 18.0 Å². The summed E-state index contributed by atoms with van der Waals surface area (Å²) in [4.78, 5) is 19.6. The molecule has 4 aromatic rings. The molecular formula is C26H24F3N3O. The number of benzene rings is 2. The number of carbonyl (C=O) groups excluding carboxylic acids is 1. The minimum Gasteiger partial charge on any atom is -0.333 e. The molecular weight excluding hydrogens is 427 g/mol. The number of fused-ring (bicyclic) bond motifs is 1. The number of hydrogen-bond acceptors (Lipinski definition) is 2. The van der Waals surface area contributed by atoms with Gasteiger partial charge in [-0.2, -0.15) is 13.2 Å². The molecule has 4 rings (SSSR count). The number of halogens is 3. The summed E-state index contributed by atoms with van der Waals surface area (Å²) in [6, 6.07) is 16.3. The first-order valence-corrected chi connectivity index (χ1v) is 10.7. The molecule has 0 spiro atoms. The number of carbonyl (C=O) groups is 1. The van der Waals surface area contributed by atoms with E-state index in [0.717, 1.165) is 45.9 Å². The van der Waals surface area contributed by atoms with Crippen LogP contribution in [0.5, 0.6) is 0 Å². The Hall–Kier alpha value is -3.61. The largest absolute Gasteiger partial charge is 0.416 e. The summed E-state index contributed by atoms with van der Waals surface area (Å²) in [5.41, 5.74) is 4.95. The Kier molecular flexibility index (Phi) is 5.97. The predicted octanol–water partition coefficient (Wildman–Crippen LogP) is 6.30. The van der Waals surface area contributed by atoms with Crippen LogP contribution in [0.3, 0.4) is 0 Å². The molecule has 170 valence electrons. The zero-order chi connectivity index (χ0) is 23.8. The van der Waals surface area contributed by atoms with Gasteiger partial charge in [-0.25, -0.2) is 4.98 Å². The molecule has 1 amide bonds. The lowest BCUT2D eigenvalue weighted by Crippen LogP contribution is -2.31. The standard InChI is InChI=1S/C26H24F3N3O/c1-4-31(25(33)20-10-12-21(13-11-20)26(27,28)29)16-22-24(19-8-5-17(2)6-9-19)30-23-14-7-18(3)15-32(22)23/h5-15H,4,16H2,1-3H3. The number of alkyl halides is 3. The number of pyridine rings is 1. The number of rotatable bonds is 5. The molecule has 0 saturated heterocycles. The quantitative estimate of drug-likeness (QED) is 0.357. The Labute approximate surface area is 190 Å². The van der Waals surface area contributed by atoms with E-state index < -0.39 is 11.7 Å². The number of imidazole rings is 1. The average Bonchev–Trinajstić information content (AvgIpc) is 3.14. The van der Waals surface area contributed by atoms with E-state index >= 15 is 0 Å². The van der Waals surface area contributed by atoms with Crippen molar-refractivity contribution in [3.8, 4) is 11.3 Å². The maximum Gasteiger partial charge on any atom is 0.416 e. The van der Waals surface area contributed by atoms with E-state index in [4.69, 9.17) is 4.98 Å². The van der Waals surface area contributed by atoms with Crippen LogP contribution >= 0.6 is 0 Å². The lowest BCUT2D eigenvalue weighted by molar-refractivity contribution is -0.137. The van der Waals surface area contributed by atoms with Crippen molar-refractivity contribution in [2.24, 2.45) is 0 Å². The topological polar surface area (TPSA) is 37.6 Å². The molecule has 0 atom stereocenters. The van der Waals surface area contributed by atoms with Crippen LogP contribution in [0.15, 0.2) is 66.9 Å². The lowest BCUT2D eigenvalue weighted by Gasteiger charge is -2.22. The summed E-state index contributed by atoms with van der Waals surface area (Å²) >= 11 is 0.